The van der Waals surface area contributed by atoms with E-state index >= 15 is 0 Å². The predicted molar refractivity (Wildman–Crippen MR) is 35.9 cm³/mol. The maximum absolute atomic E-state index is 3.51. The van der Waals surface area contributed by atoms with Gasteiger partial charge in [-0.1, -0.05) is 0 Å². The second kappa shape index (κ2) is 3.40. The molecular formula is C4H13NSi2+. The summed E-state index contributed by atoms with van der Waals surface area (Å²) in [6.45, 7) is 9.12. The Morgan fingerprint density at radius 3 is 1.14 bits per heavy atom. The van der Waals surface area contributed by atoms with Gasteiger partial charge in [0.25, 0.3) is 0 Å². The Kier molecular flexibility index (Phi) is 3.59. The van der Waals surface area contributed by atoms with Crippen molar-refractivity contribution in [2.45, 2.75) is 26.2 Å². The Morgan fingerprint density at radius 1 is 0.857 bits per heavy atom. The molecule has 0 aliphatic rings. The summed E-state index contributed by atoms with van der Waals surface area (Å²) in [6.07, 6.45) is 0. The van der Waals surface area contributed by atoms with Gasteiger partial charge in [0.05, 0.1) is 0 Å². The van der Waals surface area contributed by atoms with Crippen LogP contribution in [0, 0.1) is 0 Å². The van der Waals surface area contributed by atoms with Crippen molar-refractivity contribution in [2.24, 2.45) is 0 Å². The van der Waals surface area contributed by atoms with Crippen LogP contribution in [0.25, 0.3) is 0 Å². The lowest BCUT2D eigenvalue weighted by atomic mass is 11.9. The highest BCUT2D eigenvalue weighted by molar-refractivity contribution is 6.58. The van der Waals surface area contributed by atoms with Crippen LogP contribution in [0.2, 0.25) is 26.2 Å². The summed E-state index contributed by atoms with van der Waals surface area (Å²) in [7, 11) is -0.278. The van der Waals surface area contributed by atoms with E-state index in [0.29, 0.717) is 0 Å². The molecule has 41 valence electrons. The summed E-state index contributed by atoms with van der Waals surface area (Å²) in [5, 5.41) is 0. The Labute approximate surface area is 49.5 Å². The normalized spacial score (nSPS) is 11.1. The molecule has 1 N–H and O–H groups in total. The van der Waals surface area contributed by atoms with Gasteiger partial charge < -0.3 is 4.65 Å². The number of hydrogen-bond acceptors (Lipinski definition) is 1. The highest BCUT2D eigenvalue weighted by Gasteiger charge is 2.12. The zero-order valence-corrected chi connectivity index (χ0v) is 7.50. The van der Waals surface area contributed by atoms with E-state index in [0.717, 1.165) is 0 Å². The van der Waals surface area contributed by atoms with Crippen molar-refractivity contribution in [3.05, 3.63) is 0 Å². The average Bonchev–Trinajstić information content (AvgIpc) is 1.27. The van der Waals surface area contributed by atoms with E-state index in [9.17, 15) is 0 Å². The largest absolute Gasteiger partial charge is 0.355 e. The summed E-state index contributed by atoms with van der Waals surface area (Å²) in [4.78, 5) is 0. The van der Waals surface area contributed by atoms with Crippen LogP contribution in [-0.2, 0) is 0 Å². The van der Waals surface area contributed by atoms with Crippen LogP contribution in [0.3, 0.4) is 0 Å². The molecule has 0 aromatic heterocycles. The van der Waals surface area contributed by atoms with Crippen molar-refractivity contribution in [1.29, 1.82) is 0 Å². The van der Waals surface area contributed by atoms with Crippen LogP contribution < -0.4 is 4.65 Å². The van der Waals surface area contributed by atoms with Gasteiger partial charge in [0.15, 0.2) is 0 Å². The maximum Gasteiger partial charge on any atom is 0.355 e. The molecule has 1 nitrogen and oxygen atoms in total. The second-order valence-corrected chi connectivity index (χ2v) is 7.12. The van der Waals surface area contributed by atoms with Crippen molar-refractivity contribution in [1.82, 2.24) is 0 Å². The summed E-state index contributed by atoms with van der Waals surface area (Å²) in [5.41, 5.74) is 0. The number of nitrogens with one attached hydrogen (secondary N) is 1. The van der Waals surface area contributed by atoms with Gasteiger partial charge >= 0.3 is 17.9 Å². The fourth-order valence-electron chi connectivity index (χ4n) is 0.500. The van der Waals surface area contributed by atoms with Gasteiger partial charge in [-0.3, -0.25) is 0 Å². The Balaban J connectivity index is 2.95. The molecule has 0 unspecified atom stereocenters. The van der Waals surface area contributed by atoms with Gasteiger partial charge in [-0.25, -0.2) is 0 Å². The smallest absolute Gasteiger partial charge is 0.324 e. The first-order valence-corrected chi connectivity index (χ1v) is 7.50. The number of rotatable bonds is 2. The van der Waals surface area contributed by atoms with Crippen LogP contribution in [0.1, 0.15) is 0 Å². The van der Waals surface area contributed by atoms with Gasteiger partial charge in [-0.2, -0.15) is 0 Å². The standard InChI is InChI=1S/C4H13NSi2/c1-6(2)5-7(3)4/h5H,1-4H3/q+1. The summed E-state index contributed by atoms with van der Waals surface area (Å²) in [6, 6.07) is 0. The zero-order chi connectivity index (χ0) is 5.86. The Morgan fingerprint density at radius 2 is 1.14 bits per heavy atom. The van der Waals surface area contributed by atoms with Crippen molar-refractivity contribution in [3.8, 4) is 0 Å². The molecule has 0 aliphatic heterocycles. The highest BCUT2D eigenvalue weighted by Crippen LogP contribution is 1.62. The molecule has 0 spiro atoms. The van der Waals surface area contributed by atoms with E-state index in [1.807, 2.05) is 0 Å². The van der Waals surface area contributed by atoms with Crippen LogP contribution in [0.15, 0.2) is 0 Å². The summed E-state index contributed by atoms with van der Waals surface area (Å²) < 4.78 is 3.51. The first-order valence-electron chi connectivity index (χ1n) is 2.50. The van der Waals surface area contributed by atoms with Gasteiger partial charge in [-0.15, -0.1) is 0 Å². The topological polar surface area (TPSA) is 15.6 Å². The minimum Gasteiger partial charge on any atom is -0.324 e. The van der Waals surface area contributed by atoms with Gasteiger partial charge in [0, 0.05) is 0 Å². The minimum absolute atomic E-state index is 0.139. The molecule has 0 aromatic rings. The van der Waals surface area contributed by atoms with Gasteiger partial charge in [0.1, 0.15) is 0 Å². The molecule has 0 amide bonds. The fraction of sp³-hybridized carbons (Fsp3) is 1.00. The molecule has 0 heterocycles. The fourth-order valence-corrected chi connectivity index (χ4v) is 4.50. The molecular weight excluding hydrogens is 118 g/mol. The Bertz CT molecular complexity index is 39.0. The van der Waals surface area contributed by atoms with Crippen molar-refractivity contribution >= 4 is 17.9 Å². The van der Waals surface area contributed by atoms with Crippen LogP contribution in [0.5, 0.6) is 0 Å². The van der Waals surface area contributed by atoms with E-state index in [1.54, 1.807) is 0 Å². The summed E-state index contributed by atoms with van der Waals surface area (Å²) >= 11 is 0. The van der Waals surface area contributed by atoms with Gasteiger partial charge in [-0.05, 0) is 26.2 Å². The summed E-state index contributed by atoms with van der Waals surface area (Å²) in [5.74, 6) is 0. The molecule has 7 heavy (non-hydrogen) atoms. The lowest BCUT2D eigenvalue weighted by Gasteiger charge is -1.93. The molecule has 0 atom stereocenters. The molecule has 0 aromatic carbocycles. The van der Waals surface area contributed by atoms with E-state index in [4.69, 9.17) is 0 Å². The molecule has 3 radical (unpaired) electrons. The highest BCUT2D eigenvalue weighted by atomic mass is 28.3. The van der Waals surface area contributed by atoms with Crippen LogP contribution in [-0.4, -0.2) is 17.9 Å². The first-order chi connectivity index (χ1) is 3.13. The monoisotopic (exact) mass is 131 g/mol. The predicted octanol–water partition coefficient (Wildman–Crippen LogP) is -0.162. The zero-order valence-electron chi connectivity index (χ0n) is 5.50. The molecule has 0 aliphatic carbocycles. The van der Waals surface area contributed by atoms with E-state index < -0.39 is 0 Å². The van der Waals surface area contributed by atoms with Gasteiger partial charge in [0.2, 0.25) is 0 Å². The van der Waals surface area contributed by atoms with Crippen LogP contribution in [0.4, 0.5) is 0 Å². The number of hydrogen-bond donors (Lipinski definition) is 1. The second-order valence-electron chi connectivity index (χ2n) is 2.12. The lowest BCUT2D eigenvalue weighted by Crippen LogP contribution is -2.97. The van der Waals surface area contributed by atoms with Crippen molar-refractivity contribution in [2.75, 3.05) is 0 Å². The lowest BCUT2D eigenvalue weighted by molar-refractivity contribution is -0.365. The van der Waals surface area contributed by atoms with E-state index in [2.05, 4.69) is 30.8 Å². The van der Waals surface area contributed by atoms with E-state index in [-0.39, 0.29) is 17.9 Å². The average molecular weight is 131 g/mol. The molecule has 0 bridgehead atoms. The Hall–Kier alpha value is 0.394. The molecule has 0 fully saturated rings. The van der Waals surface area contributed by atoms with Crippen molar-refractivity contribution < 1.29 is 4.65 Å². The van der Waals surface area contributed by atoms with Crippen molar-refractivity contribution in [3.63, 3.8) is 0 Å². The molecule has 0 saturated carbocycles. The third kappa shape index (κ3) is 6.39. The molecule has 0 rings (SSSR count). The third-order valence-electron chi connectivity index (χ3n) is 0.500. The SMILES string of the molecule is C[Si](C)[NH+][Si](C)C. The quantitative estimate of drug-likeness (QED) is 0.501. The third-order valence-corrected chi connectivity index (χ3v) is 4.50. The maximum atomic E-state index is 3.51. The van der Waals surface area contributed by atoms with E-state index in [1.165, 1.54) is 0 Å². The molecule has 0 saturated heterocycles. The van der Waals surface area contributed by atoms with Crippen LogP contribution >= 0.6 is 0 Å². The minimum atomic E-state index is -0.139. The molecule has 3 heteroatoms. The first kappa shape index (κ1) is 7.39.